The number of hydrogen-bond donors (Lipinski definition) is 1. The van der Waals surface area contributed by atoms with Gasteiger partial charge < -0.3 is 15.4 Å². The number of nitrogens with zero attached hydrogens (tertiary/aromatic N) is 4. The maximum atomic E-state index is 13.4. The Bertz CT molecular complexity index is 1390. The third-order valence-electron chi connectivity index (χ3n) is 5.80. The normalized spacial score (nSPS) is 14.8. The van der Waals surface area contributed by atoms with E-state index in [9.17, 15) is 13.2 Å². The Balaban J connectivity index is 1.56. The Morgan fingerprint density at radius 1 is 1.08 bits per heavy atom. The quantitative estimate of drug-likeness (QED) is 0.444. The fourth-order valence-corrected chi connectivity index (χ4v) is 5.71. The number of rotatable bonds is 8. The van der Waals surface area contributed by atoms with Crippen molar-refractivity contribution in [1.29, 1.82) is 0 Å². The summed E-state index contributed by atoms with van der Waals surface area (Å²) in [7, 11) is -3.52. The number of aromatic nitrogens is 2. The maximum absolute atomic E-state index is 13.4. The molecule has 1 aromatic heterocycles. The second kappa shape index (κ2) is 10.9. The molecule has 1 aliphatic rings. The van der Waals surface area contributed by atoms with Crippen LogP contribution in [0.15, 0.2) is 59.5 Å². The van der Waals surface area contributed by atoms with Gasteiger partial charge in [0.25, 0.3) is 0 Å². The van der Waals surface area contributed by atoms with Crippen LogP contribution in [-0.4, -0.2) is 55.3 Å². The highest BCUT2D eigenvalue weighted by molar-refractivity contribution is 7.88. The van der Waals surface area contributed by atoms with Crippen LogP contribution in [0.3, 0.4) is 0 Å². The second-order valence-electron chi connectivity index (χ2n) is 9.15. The van der Waals surface area contributed by atoms with Gasteiger partial charge in [0.15, 0.2) is 0 Å². The van der Waals surface area contributed by atoms with Crippen LogP contribution in [0, 0.1) is 5.92 Å². The van der Waals surface area contributed by atoms with Crippen molar-refractivity contribution >= 4 is 33.0 Å². The minimum Gasteiger partial charge on any atom is -0.486 e. The molecule has 4 rings (SSSR count). The van der Waals surface area contributed by atoms with Crippen LogP contribution in [0.1, 0.15) is 19.4 Å². The van der Waals surface area contributed by atoms with E-state index in [-0.39, 0.29) is 30.5 Å². The molecule has 11 heteroatoms. The summed E-state index contributed by atoms with van der Waals surface area (Å²) in [6.45, 7) is 5.72. The fraction of sp³-hybridized carbons (Fsp3) is 0.360. The maximum Gasteiger partial charge on any atom is 0.316 e. The van der Waals surface area contributed by atoms with Gasteiger partial charge in [-0.2, -0.15) is 14.1 Å². The summed E-state index contributed by atoms with van der Waals surface area (Å²) >= 11 is 6.11. The molecule has 2 aromatic carbocycles. The van der Waals surface area contributed by atoms with Crippen LogP contribution in [0.2, 0.25) is 5.02 Å². The van der Waals surface area contributed by atoms with Gasteiger partial charge in [0.1, 0.15) is 5.69 Å². The van der Waals surface area contributed by atoms with Crippen LogP contribution in [0.25, 0.3) is 5.69 Å². The van der Waals surface area contributed by atoms with Crippen molar-refractivity contribution in [3.05, 3.63) is 75.7 Å². The number of benzene rings is 2. The molecule has 3 aromatic rings. The molecule has 0 spiro atoms. The molecule has 2 N–H and O–H groups in total. The molecule has 2 heterocycles. The van der Waals surface area contributed by atoms with Gasteiger partial charge in [0.2, 0.25) is 15.8 Å². The van der Waals surface area contributed by atoms with Gasteiger partial charge in [-0.3, -0.25) is 4.79 Å². The van der Waals surface area contributed by atoms with E-state index in [1.807, 2.05) is 18.7 Å². The second-order valence-corrected chi connectivity index (χ2v) is 11.6. The molecule has 0 amide bonds. The number of hydrogen-bond acceptors (Lipinski definition) is 7. The predicted molar refractivity (Wildman–Crippen MR) is 142 cm³/mol. The predicted octanol–water partition coefficient (Wildman–Crippen LogP) is 3.15. The first-order valence-electron chi connectivity index (χ1n) is 11.7. The fourth-order valence-electron chi connectivity index (χ4n) is 4.02. The molecule has 0 saturated carbocycles. The van der Waals surface area contributed by atoms with Crippen molar-refractivity contribution < 1.29 is 13.2 Å². The van der Waals surface area contributed by atoms with E-state index in [0.29, 0.717) is 47.3 Å². The van der Waals surface area contributed by atoms with Crippen LogP contribution >= 0.6 is 11.6 Å². The number of piperazine rings is 1. The van der Waals surface area contributed by atoms with Gasteiger partial charge in [0, 0.05) is 36.9 Å². The molecule has 192 valence electrons. The lowest BCUT2D eigenvalue weighted by atomic mass is 10.2. The zero-order valence-corrected chi connectivity index (χ0v) is 21.9. The lowest BCUT2D eigenvalue weighted by Crippen LogP contribution is -2.49. The molecule has 0 unspecified atom stereocenters. The highest BCUT2D eigenvalue weighted by Gasteiger charge is 2.29. The average molecular weight is 532 g/mol. The lowest BCUT2D eigenvalue weighted by Gasteiger charge is -2.35. The Kier molecular flexibility index (Phi) is 7.87. The van der Waals surface area contributed by atoms with Gasteiger partial charge in [0.05, 0.1) is 24.2 Å². The van der Waals surface area contributed by atoms with E-state index in [0.717, 1.165) is 0 Å². The zero-order chi connectivity index (χ0) is 25.9. The topological polar surface area (TPSA) is 111 Å². The number of sulfonamides is 1. The van der Waals surface area contributed by atoms with Crippen molar-refractivity contribution in [3.63, 3.8) is 0 Å². The van der Waals surface area contributed by atoms with Crippen molar-refractivity contribution in [2.24, 2.45) is 5.92 Å². The SMILES string of the molecule is CC(C)COc1c(N2CCN(S(=O)(=O)Cc3cccc(N)c3)CC2)cnn(-c2cccc(Cl)c2)c1=O. The van der Waals surface area contributed by atoms with E-state index in [1.165, 1.54) is 8.99 Å². The molecule has 0 radical (unpaired) electrons. The molecular formula is C25H30ClN5O4S. The molecule has 0 aliphatic carbocycles. The van der Waals surface area contributed by atoms with Gasteiger partial charge in [-0.15, -0.1) is 0 Å². The van der Waals surface area contributed by atoms with Gasteiger partial charge in [-0.05, 0) is 41.8 Å². The number of halogens is 1. The summed E-state index contributed by atoms with van der Waals surface area (Å²) in [5, 5.41) is 4.86. The van der Waals surface area contributed by atoms with E-state index < -0.39 is 15.6 Å². The highest BCUT2D eigenvalue weighted by Crippen LogP contribution is 2.27. The van der Waals surface area contributed by atoms with Crippen molar-refractivity contribution in [1.82, 2.24) is 14.1 Å². The van der Waals surface area contributed by atoms with E-state index >= 15 is 0 Å². The Morgan fingerprint density at radius 2 is 1.81 bits per heavy atom. The average Bonchev–Trinajstić information content (AvgIpc) is 2.83. The van der Waals surface area contributed by atoms with Gasteiger partial charge in [-0.25, -0.2) is 8.42 Å². The van der Waals surface area contributed by atoms with E-state index in [2.05, 4.69) is 5.10 Å². The summed E-state index contributed by atoms with van der Waals surface area (Å²) in [5.74, 6) is 0.284. The molecule has 1 saturated heterocycles. The molecule has 1 aliphatic heterocycles. The van der Waals surface area contributed by atoms with Crippen LogP contribution in [-0.2, 0) is 15.8 Å². The number of nitrogens with two attached hydrogens (primary N) is 1. The molecular weight excluding hydrogens is 502 g/mol. The Labute approximate surface area is 216 Å². The zero-order valence-electron chi connectivity index (χ0n) is 20.3. The molecule has 0 atom stereocenters. The van der Waals surface area contributed by atoms with Crippen LogP contribution in [0.5, 0.6) is 5.75 Å². The highest BCUT2D eigenvalue weighted by atomic mass is 35.5. The van der Waals surface area contributed by atoms with E-state index in [4.69, 9.17) is 22.1 Å². The van der Waals surface area contributed by atoms with Gasteiger partial charge in [-0.1, -0.05) is 43.6 Å². The Hall–Kier alpha value is -3.08. The third-order valence-corrected chi connectivity index (χ3v) is 7.89. The summed E-state index contributed by atoms with van der Waals surface area (Å²) in [6.07, 6.45) is 1.59. The first-order chi connectivity index (χ1) is 17.1. The van der Waals surface area contributed by atoms with Crippen molar-refractivity contribution in [2.75, 3.05) is 43.4 Å². The summed E-state index contributed by atoms with van der Waals surface area (Å²) in [6, 6.07) is 13.8. The van der Waals surface area contributed by atoms with Crippen molar-refractivity contribution in [3.8, 4) is 11.4 Å². The summed E-state index contributed by atoms with van der Waals surface area (Å²) in [4.78, 5) is 15.3. The molecule has 36 heavy (non-hydrogen) atoms. The smallest absolute Gasteiger partial charge is 0.316 e. The first-order valence-corrected chi connectivity index (χ1v) is 13.7. The molecule has 0 bridgehead atoms. The van der Waals surface area contributed by atoms with Gasteiger partial charge >= 0.3 is 5.56 Å². The minimum absolute atomic E-state index is 0.113. The first kappa shape index (κ1) is 26.0. The monoisotopic (exact) mass is 531 g/mol. The molecule has 1 fully saturated rings. The largest absolute Gasteiger partial charge is 0.486 e. The Morgan fingerprint density at radius 3 is 2.47 bits per heavy atom. The number of nitrogen functional groups attached to an aromatic ring is 1. The lowest BCUT2D eigenvalue weighted by molar-refractivity contribution is 0.265. The van der Waals surface area contributed by atoms with Crippen LogP contribution < -0.4 is 20.9 Å². The number of ether oxygens (including phenoxy) is 1. The van der Waals surface area contributed by atoms with Crippen LogP contribution in [0.4, 0.5) is 11.4 Å². The minimum atomic E-state index is -3.52. The summed E-state index contributed by atoms with van der Waals surface area (Å²) < 4.78 is 34.7. The standard InChI is InChI=1S/C25H30ClN5O4S/c1-18(2)16-35-24-23(15-28-31(25(24)32)22-8-4-6-20(26)14-22)29-9-11-30(12-10-29)36(33,34)17-19-5-3-7-21(27)13-19/h3-8,13-15,18H,9-12,16-17,27H2,1-2H3. The summed E-state index contributed by atoms with van der Waals surface area (Å²) in [5.41, 5.74) is 7.66. The van der Waals surface area contributed by atoms with Crippen molar-refractivity contribution in [2.45, 2.75) is 19.6 Å². The van der Waals surface area contributed by atoms with E-state index in [1.54, 1.807) is 54.7 Å². The third kappa shape index (κ3) is 6.00. The number of anilines is 2. The molecule has 9 nitrogen and oxygen atoms in total.